The maximum Gasteiger partial charge on any atom is 0.236 e. The van der Waals surface area contributed by atoms with E-state index < -0.39 is 0 Å². The van der Waals surface area contributed by atoms with Gasteiger partial charge < -0.3 is 11.6 Å². The quantitative estimate of drug-likeness (QED) is 0.214. The minimum atomic E-state index is 0.144. The summed E-state index contributed by atoms with van der Waals surface area (Å²) in [7, 11) is 0. The molecule has 0 aliphatic carbocycles. The highest BCUT2D eigenvalue weighted by molar-refractivity contribution is 5.85. The molecule has 0 spiro atoms. The highest BCUT2D eigenvalue weighted by Gasteiger charge is 1.85. The van der Waals surface area contributed by atoms with Crippen LogP contribution >= 0.6 is 0 Å². The summed E-state index contributed by atoms with van der Waals surface area (Å²) in [5.74, 6) is 5.03. The number of hydrogen-bond acceptors (Lipinski definition) is 2. The molecule has 0 saturated carbocycles. The SMILES string of the molecule is CCCCCCC=NC(N)=NN. The summed E-state index contributed by atoms with van der Waals surface area (Å²) in [6.07, 6.45) is 7.67. The fourth-order valence-electron chi connectivity index (χ4n) is 0.854. The molecule has 4 heteroatoms. The molecule has 0 aromatic rings. The van der Waals surface area contributed by atoms with Crippen molar-refractivity contribution in [3.63, 3.8) is 0 Å². The van der Waals surface area contributed by atoms with Crippen molar-refractivity contribution in [1.82, 2.24) is 0 Å². The Morgan fingerprint density at radius 2 is 2.08 bits per heavy atom. The fourth-order valence-corrected chi connectivity index (χ4v) is 0.854. The minimum absolute atomic E-state index is 0.144. The standard InChI is InChI=1S/C8H18N4/c1-2-3-4-5-6-7-11-8(9)12-10/h7H,2-6,10H2,1H3,(H2,9,12). The van der Waals surface area contributed by atoms with Crippen molar-refractivity contribution in [2.24, 2.45) is 21.7 Å². The molecule has 0 fully saturated rings. The number of nitrogens with zero attached hydrogens (tertiary/aromatic N) is 2. The predicted molar refractivity (Wildman–Crippen MR) is 53.1 cm³/mol. The Hall–Kier alpha value is -1.06. The van der Waals surface area contributed by atoms with Gasteiger partial charge in [-0.05, 0) is 12.8 Å². The fraction of sp³-hybridized carbons (Fsp3) is 0.750. The average Bonchev–Trinajstić information content (AvgIpc) is 2.10. The predicted octanol–water partition coefficient (Wildman–Crippen LogP) is 1.22. The van der Waals surface area contributed by atoms with Gasteiger partial charge in [0.05, 0.1) is 0 Å². The second-order valence-electron chi connectivity index (χ2n) is 2.65. The lowest BCUT2D eigenvalue weighted by atomic mass is 10.2. The van der Waals surface area contributed by atoms with Crippen LogP contribution in [0.4, 0.5) is 0 Å². The molecule has 0 heterocycles. The average molecular weight is 170 g/mol. The van der Waals surface area contributed by atoms with Gasteiger partial charge in [0.15, 0.2) is 0 Å². The van der Waals surface area contributed by atoms with E-state index in [4.69, 9.17) is 11.6 Å². The first-order valence-electron chi connectivity index (χ1n) is 4.37. The van der Waals surface area contributed by atoms with Crippen LogP contribution in [0.5, 0.6) is 0 Å². The van der Waals surface area contributed by atoms with Crippen molar-refractivity contribution >= 4 is 12.2 Å². The third kappa shape index (κ3) is 7.05. The highest BCUT2D eigenvalue weighted by Crippen LogP contribution is 2.00. The molecule has 70 valence electrons. The maximum absolute atomic E-state index is 5.24. The molecular weight excluding hydrogens is 152 g/mol. The number of guanidine groups is 1. The van der Waals surface area contributed by atoms with Gasteiger partial charge in [-0.3, -0.25) is 0 Å². The first kappa shape index (κ1) is 10.9. The second-order valence-corrected chi connectivity index (χ2v) is 2.65. The first-order valence-corrected chi connectivity index (χ1v) is 4.37. The molecule has 12 heavy (non-hydrogen) atoms. The third-order valence-electron chi connectivity index (χ3n) is 1.54. The molecule has 0 aliphatic rings. The van der Waals surface area contributed by atoms with Crippen LogP contribution in [0.3, 0.4) is 0 Å². The lowest BCUT2D eigenvalue weighted by Gasteiger charge is -1.93. The summed E-state index contributed by atoms with van der Waals surface area (Å²) in [5.41, 5.74) is 5.24. The molecule has 0 unspecified atom stereocenters. The minimum Gasteiger partial charge on any atom is -0.367 e. The first-order chi connectivity index (χ1) is 5.81. The van der Waals surface area contributed by atoms with Crippen molar-refractivity contribution in [3.8, 4) is 0 Å². The molecule has 4 nitrogen and oxygen atoms in total. The van der Waals surface area contributed by atoms with E-state index in [0.717, 1.165) is 12.8 Å². The highest BCUT2D eigenvalue weighted by atomic mass is 15.2. The monoisotopic (exact) mass is 170 g/mol. The van der Waals surface area contributed by atoms with Crippen LogP contribution in [-0.2, 0) is 0 Å². The normalized spacial score (nSPS) is 12.6. The van der Waals surface area contributed by atoms with Crippen LogP contribution in [0.25, 0.3) is 0 Å². The number of rotatable bonds is 5. The van der Waals surface area contributed by atoms with E-state index in [1.54, 1.807) is 6.21 Å². The van der Waals surface area contributed by atoms with E-state index in [0.29, 0.717) is 0 Å². The number of hydrogen-bond donors (Lipinski definition) is 2. The van der Waals surface area contributed by atoms with Crippen molar-refractivity contribution < 1.29 is 0 Å². The van der Waals surface area contributed by atoms with E-state index in [1.165, 1.54) is 19.3 Å². The molecule has 0 bridgehead atoms. The summed E-state index contributed by atoms with van der Waals surface area (Å²) in [6.45, 7) is 2.19. The molecule has 0 aromatic heterocycles. The summed E-state index contributed by atoms with van der Waals surface area (Å²) in [5, 5.41) is 3.22. The molecule has 0 atom stereocenters. The Labute approximate surface area is 73.7 Å². The third-order valence-corrected chi connectivity index (χ3v) is 1.54. The van der Waals surface area contributed by atoms with E-state index in [-0.39, 0.29) is 5.96 Å². The topological polar surface area (TPSA) is 76.8 Å². The molecule has 0 aliphatic heterocycles. The van der Waals surface area contributed by atoms with Crippen molar-refractivity contribution in [1.29, 1.82) is 0 Å². The van der Waals surface area contributed by atoms with Gasteiger partial charge in [-0.2, -0.15) is 0 Å². The summed E-state index contributed by atoms with van der Waals surface area (Å²) < 4.78 is 0. The van der Waals surface area contributed by atoms with E-state index >= 15 is 0 Å². The van der Waals surface area contributed by atoms with Crippen LogP contribution in [0.2, 0.25) is 0 Å². The Kier molecular flexibility index (Phi) is 7.33. The van der Waals surface area contributed by atoms with Crippen LogP contribution in [0.1, 0.15) is 39.0 Å². The lowest BCUT2D eigenvalue weighted by Crippen LogP contribution is -2.10. The van der Waals surface area contributed by atoms with Crippen LogP contribution in [-0.4, -0.2) is 12.2 Å². The summed E-state index contributed by atoms with van der Waals surface area (Å²) >= 11 is 0. The molecule has 0 amide bonds. The van der Waals surface area contributed by atoms with Gasteiger partial charge in [-0.1, -0.05) is 26.2 Å². The molecule has 4 N–H and O–H groups in total. The Bertz CT molecular complexity index is 151. The Balaban J connectivity index is 3.25. The molecule has 0 radical (unpaired) electrons. The molecule has 0 saturated heterocycles. The van der Waals surface area contributed by atoms with Crippen LogP contribution in [0, 0.1) is 0 Å². The Morgan fingerprint density at radius 3 is 2.67 bits per heavy atom. The zero-order valence-corrected chi connectivity index (χ0v) is 7.66. The number of nitrogens with two attached hydrogens (primary N) is 2. The lowest BCUT2D eigenvalue weighted by molar-refractivity contribution is 0.685. The summed E-state index contributed by atoms with van der Waals surface area (Å²) in [6, 6.07) is 0. The van der Waals surface area contributed by atoms with Gasteiger partial charge in [-0.15, -0.1) is 5.10 Å². The van der Waals surface area contributed by atoms with Crippen LogP contribution in [0.15, 0.2) is 10.1 Å². The van der Waals surface area contributed by atoms with Crippen LogP contribution < -0.4 is 11.6 Å². The number of unbranched alkanes of at least 4 members (excludes halogenated alkanes) is 4. The van der Waals surface area contributed by atoms with Gasteiger partial charge in [0.1, 0.15) is 0 Å². The van der Waals surface area contributed by atoms with Gasteiger partial charge in [0.2, 0.25) is 5.96 Å². The molecule has 0 rings (SSSR count). The largest absolute Gasteiger partial charge is 0.367 e. The van der Waals surface area contributed by atoms with E-state index in [9.17, 15) is 0 Å². The second kappa shape index (κ2) is 8.04. The molecule has 0 aromatic carbocycles. The number of aliphatic imine (C=N–C) groups is 1. The van der Waals surface area contributed by atoms with Crippen molar-refractivity contribution in [2.75, 3.05) is 0 Å². The van der Waals surface area contributed by atoms with Crippen molar-refractivity contribution in [3.05, 3.63) is 0 Å². The van der Waals surface area contributed by atoms with Gasteiger partial charge in [0, 0.05) is 6.21 Å². The molecular formula is C8H18N4. The van der Waals surface area contributed by atoms with Crippen molar-refractivity contribution in [2.45, 2.75) is 39.0 Å². The Morgan fingerprint density at radius 1 is 1.33 bits per heavy atom. The smallest absolute Gasteiger partial charge is 0.236 e. The van der Waals surface area contributed by atoms with E-state index in [2.05, 4.69) is 17.0 Å². The van der Waals surface area contributed by atoms with Gasteiger partial charge in [-0.25, -0.2) is 4.99 Å². The van der Waals surface area contributed by atoms with E-state index in [1.807, 2.05) is 0 Å². The maximum atomic E-state index is 5.24. The summed E-state index contributed by atoms with van der Waals surface area (Å²) in [4.78, 5) is 3.82. The number of hydrazone groups is 1. The zero-order chi connectivity index (χ0) is 9.23. The van der Waals surface area contributed by atoms with Gasteiger partial charge in [0.25, 0.3) is 0 Å². The van der Waals surface area contributed by atoms with Gasteiger partial charge >= 0.3 is 0 Å². The zero-order valence-electron chi connectivity index (χ0n) is 7.66.